The van der Waals surface area contributed by atoms with Crippen molar-refractivity contribution in [1.82, 2.24) is 15.1 Å². The zero-order valence-corrected chi connectivity index (χ0v) is 16.1. The molecule has 1 aliphatic carbocycles. The third-order valence-electron chi connectivity index (χ3n) is 5.99. The van der Waals surface area contributed by atoms with E-state index in [4.69, 9.17) is 0 Å². The maximum absolute atomic E-state index is 13.3. The lowest BCUT2D eigenvalue weighted by atomic mass is 9.91. The van der Waals surface area contributed by atoms with Crippen LogP contribution in [-0.2, 0) is 4.79 Å². The number of rotatable bonds is 6. The molecular weight excluding hydrogens is 329 g/mol. The van der Waals surface area contributed by atoms with E-state index in [1.807, 2.05) is 12.1 Å². The van der Waals surface area contributed by atoms with E-state index in [1.54, 1.807) is 0 Å². The highest BCUT2D eigenvalue weighted by Crippen LogP contribution is 2.35. The summed E-state index contributed by atoms with van der Waals surface area (Å²) >= 11 is 0. The second kappa shape index (κ2) is 8.96. The highest BCUT2D eigenvalue weighted by Gasteiger charge is 2.29. The molecular formula is C21H32FN3O. The van der Waals surface area contributed by atoms with Gasteiger partial charge in [-0.15, -0.1) is 0 Å². The van der Waals surface area contributed by atoms with E-state index < -0.39 is 0 Å². The number of likely N-dealkylation sites (tertiary alicyclic amines) is 1. The standard InChI is InChI=1S/C21H32FN3O/c1-24(2)19-8-5-13-25(14-19)15-20(26)23-21(16-6-3-4-7-16)17-9-11-18(22)12-10-17/h9-12,16,19,21H,3-8,13-15H2,1-2H3,(H,23,26). The van der Waals surface area contributed by atoms with Crippen molar-refractivity contribution < 1.29 is 9.18 Å². The van der Waals surface area contributed by atoms with E-state index >= 15 is 0 Å². The van der Waals surface area contributed by atoms with Gasteiger partial charge < -0.3 is 10.2 Å². The highest BCUT2D eigenvalue weighted by molar-refractivity contribution is 5.78. The molecule has 1 aliphatic heterocycles. The van der Waals surface area contributed by atoms with Crippen LogP contribution in [0.2, 0.25) is 0 Å². The first kappa shape index (κ1) is 19.3. The summed E-state index contributed by atoms with van der Waals surface area (Å²) in [4.78, 5) is 17.3. The quantitative estimate of drug-likeness (QED) is 0.845. The van der Waals surface area contributed by atoms with Crippen molar-refractivity contribution in [3.63, 3.8) is 0 Å². The Morgan fingerprint density at radius 3 is 2.54 bits per heavy atom. The average Bonchev–Trinajstić information content (AvgIpc) is 3.15. The molecule has 0 radical (unpaired) electrons. The van der Waals surface area contributed by atoms with Gasteiger partial charge in [-0.3, -0.25) is 9.69 Å². The zero-order valence-electron chi connectivity index (χ0n) is 16.1. The Morgan fingerprint density at radius 1 is 1.19 bits per heavy atom. The Hall–Kier alpha value is -1.46. The van der Waals surface area contributed by atoms with Crippen molar-refractivity contribution in [3.05, 3.63) is 35.6 Å². The van der Waals surface area contributed by atoms with Gasteiger partial charge in [0.1, 0.15) is 5.82 Å². The molecule has 2 aliphatic rings. The van der Waals surface area contributed by atoms with Gasteiger partial charge in [0.15, 0.2) is 0 Å². The number of benzene rings is 1. The van der Waals surface area contributed by atoms with Gasteiger partial charge >= 0.3 is 0 Å². The van der Waals surface area contributed by atoms with Crippen LogP contribution in [-0.4, -0.2) is 55.5 Å². The lowest BCUT2D eigenvalue weighted by Crippen LogP contribution is -2.49. The number of halogens is 1. The largest absolute Gasteiger partial charge is 0.348 e. The molecule has 1 saturated heterocycles. The zero-order chi connectivity index (χ0) is 18.5. The minimum atomic E-state index is -0.228. The first-order chi connectivity index (χ1) is 12.5. The number of hydrogen-bond donors (Lipinski definition) is 1. The Morgan fingerprint density at radius 2 is 1.88 bits per heavy atom. The number of nitrogens with zero attached hydrogens (tertiary/aromatic N) is 2. The van der Waals surface area contributed by atoms with Gasteiger partial charge in [-0.05, 0) is 69.9 Å². The van der Waals surface area contributed by atoms with Crippen LogP contribution in [0.15, 0.2) is 24.3 Å². The van der Waals surface area contributed by atoms with Crippen LogP contribution in [0.1, 0.15) is 50.1 Å². The summed E-state index contributed by atoms with van der Waals surface area (Å²) in [6, 6.07) is 7.16. The fourth-order valence-electron chi connectivity index (χ4n) is 4.45. The number of hydrogen-bond acceptors (Lipinski definition) is 3. The summed E-state index contributed by atoms with van der Waals surface area (Å²) in [6.45, 7) is 2.39. The van der Waals surface area contributed by atoms with Crippen LogP contribution in [0, 0.1) is 11.7 Å². The SMILES string of the molecule is CN(C)C1CCCN(CC(=O)NC(c2ccc(F)cc2)C2CCCC2)C1. The molecule has 5 heteroatoms. The lowest BCUT2D eigenvalue weighted by molar-refractivity contribution is -0.123. The topological polar surface area (TPSA) is 35.6 Å². The van der Waals surface area contributed by atoms with Crippen molar-refractivity contribution in [2.75, 3.05) is 33.7 Å². The summed E-state index contributed by atoms with van der Waals surface area (Å²) < 4.78 is 13.3. The predicted molar refractivity (Wildman–Crippen MR) is 102 cm³/mol. The van der Waals surface area contributed by atoms with Gasteiger partial charge in [-0.25, -0.2) is 4.39 Å². The summed E-state index contributed by atoms with van der Waals surface area (Å²) in [7, 11) is 4.22. The Bertz CT molecular complexity index is 583. The molecule has 1 aromatic carbocycles. The van der Waals surface area contributed by atoms with E-state index in [0.29, 0.717) is 18.5 Å². The molecule has 3 rings (SSSR count). The molecule has 0 aromatic heterocycles. The van der Waals surface area contributed by atoms with Crippen LogP contribution in [0.3, 0.4) is 0 Å². The third kappa shape index (κ3) is 5.04. The van der Waals surface area contributed by atoms with Crippen LogP contribution in [0.4, 0.5) is 4.39 Å². The van der Waals surface area contributed by atoms with Crippen molar-refractivity contribution in [2.24, 2.45) is 5.92 Å². The molecule has 0 spiro atoms. The van der Waals surface area contributed by atoms with Gasteiger partial charge in [0.2, 0.25) is 5.91 Å². The maximum atomic E-state index is 13.3. The molecule has 4 nitrogen and oxygen atoms in total. The maximum Gasteiger partial charge on any atom is 0.234 e. The molecule has 2 fully saturated rings. The summed E-state index contributed by atoms with van der Waals surface area (Å²) in [6.07, 6.45) is 7.04. The van der Waals surface area contributed by atoms with E-state index in [2.05, 4.69) is 29.2 Å². The number of nitrogens with one attached hydrogen (secondary N) is 1. The molecule has 1 N–H and O–H groups in total. The number of likely N-dealkylation sites (N-methyl/N-ethyl adjacent to an activating group) is 1. The van der Waals surface area contributed by atoms with E-state index in [9.17, 15) is 9.18 Å². The van der Waals surface area contributed by atoms with Crippen molar-refractivity contribution in [3.8, 4) is 0 Å². The summed E-state index contributed by atoms with van der Waals surface area (Å²) in [5, 5.41) is 3.27. The number of piperidine rings is 1. The monoisotopic (exact) mass is 361 g/mol. The molecule has 2 atom stereocenters. The Balaban J connectivity index is 1.62. The second-order valence-corrected chi connectivity index (χ2v) is 8.14. The van der Waals surface area contributed by atoms with Crippen LogP contribution < -0.4 is 5.32 Å². The number of amides is 1. The number of carbonyl (C=O) groups is 1. The fourth-order valence-corrected chi connectivity index (χ4v) is 4.45. The van der Waals surface area contributed by atoms with Crippen LogP contribution in [0.25, 0.3) is 0 Å². The minimum absolute atomic E-state index is 0.0000336. The third-order valence-corrected chi connectivity index (χ3v) is 5.99. The van der Waals surface area contributed by atoms with Crippen molar-refractivity contribution in [1.29, 1.82) is 0 Å². The number of carbonyl (C=O) groups excluding carboxylic acids is 1. The molecule has 144 valence electrons. The Kier molecular flexibility index (Phi) is 6.65. The van der Waals surface area contributed by atoms with Crippen molar-refractivity contribution in [2.45, 2.75) is 50.6 Å². The smallest absolute Gasteiger partial charge is 0.234 e. The molecule has 2 unspecified atom stereocenters. The second-order valence-electron chi connectivity index (χ2n) is 8.14. The lowest BCUT2D eigenvalue weighted by Gasteiger charge is -2.36. The molecule has 1 saturated carbocycles. The first-order valence-corrected chi connectivity index (χ1v) is 9.96. The minimum Gasteiger partial charge on any atom is -0.348 e. The van der Waals surface area contributed by atoms with Gasteiger partial charge in [0, 0.05) is 12.6 Å². The highest BCUT2D eigenvalue weighted by atomic mass is 19.1. The van der Waals surface area contributed by atoms with Crippen molar-refractivity contribution >= 4 is 5.91 Å². The van der Waals surface area contributed by atoms with Crippen LogP contribution in [0.5, 0.6) is 0 Å². The van der Waals surface area contributed by atoms with E-state index in [0.717, 1.165) is 37.9 Å². The average molecular weight is 362 g/mol. The van der Waals surface area contributed by atoms with Gasteiger partial charge in [-0.1, -0.05) is 25.0 Å². The first-order valence-electron chi connectivity index (χ1n) is 9.96. The molecule has 1 heterocycles. The van der Waals surface area contributed by atoms with E-state index in [-0.39, 0.29) is 17.8 Å². The van der Waals surface area contributed by atoms with E-state index in [1.165, 1.54) is 31.4 Å². The van der Waals surface area contributed by atoms with Gasteiger partial charge in [-0.2, -0.15) is 0 Å². The molecule has 1 aromatic rings. The normalized spacial score (nSPS) is 23.3. The van der Waals surface area contributed by atoms with Crippen LogP contribution >= 0.6 is 0 Å². The molecule has 26 heavy (non-hydrogen) atoms. The Labute approximate surface area is 156 Å². The fraction of sp³-hybridized carbons (Fsp3) is 0.667. The van der Waals surface area contributed by atoms with Gasteiger partial charge in [0.05, 0.1) is 12.6 Å². The molecule has 1 amide bonds. The summed E-state index contributed by atoms with van der Waals surface area (Å²) in [5.41, 5.74) is 1.02. The van der Waals surface area contributed by atoms with Gasteiger partial charge in [0.25, 0.3) is 0 Å². The summed E-state index contributed by atoms with van der Waals surface area (Å²) in [5.74, 6) is 0.319. The molecule has 0 bridgehead atoms. The predicted octanol–water partition coefficient (Wildman–Crippen LogP) is 3.20.